The number of carbonyl (C=O) groups is 1. The Morgan fingerprint density at radius 2 is 1.35 bits per heavy atom. The molecule has 0 spiro atoms. The fourth-order valence-corrected chi connectivity index (χ4v) is 2.39. The first-order valence-corrected chi connectivity index (χ1v) is 10.2. The molecule has 0 aliphatic heterocycles. The van der Waals surface area contributed by atoms with Gasteiger partial charge in [-0.25, -0.2) is 0 Å². The standard InChI is InChI=1S/C18H31O4P/c1-2-3-4-5-6-7-8-9-10-11-12-13-14-15-16-17-18(19)23(20,21)22/h12-17H,2-11H2,1H3,(H2,20,21,22). The molecule has 23 heavy (non-hydrogen) atoms. The lowest BCUT2D eigenvalue weighted by Crippen LogP contribution is -1.92. The van der Waals surface area contributed by atoms with Gasteiger partial charge in [-0.3, -0.25) is 9.36 Å². The van der Waals surface area contributed by atoms with Crippen molar-refractivity contribution in [1.82, 2.24) is 0 Å². The lowest BCUT2D eigenvalue weighted by molar-refractivity contribution is -0.109. The SMILES string of the molecule is CCCCCCCCCCCC=CC=CC=CC(=O)P(=O)(O)O. The van der Waals surface area contributed by atoms with Gasteiger partial charge in [0.15, 0.2) is 0 Å². The van der Waals surface area contributed by atoms with Gasteiger partial charge in [-0.1, -0.05) is 88.7 Å². The summed E-state index contributed by atoms with van der Waals surface area (Å²) in [5.74, 6) is 0. The molecule has 0 aromatic carbocycles. The zero-order valence-electron chi connectivity index (χ0n) is 14.2. The molecule has 0 heterocycles. The third-order valence-electron chi connectivity index (χ3n) is 3.47. The Labute approximate surface area is 140 Å². The van der Waals surface area contributed by atoms with Crippen molar-refractivity contribution >= 4 is 13.1 Å². The Morgan fingerprint density at radius 1 is 0.826 bits per heavy atom. The molecule has 0 fully saturated rings. The largest absolute Gasteiger partial charge is 0.395 e. The summed E-state index contributed by atoms with van der Waals surface area (Å²) in [6, 6.07) is 0. The van der Waals surface area contributed by atoms with E-state index in [0.29, 0.717) is 0 Å². The van der Waals surface area contributed by atoms with Crippen LogP contribution in [0.2, 0.25) is 0 Å². The van der Waals surface area contributed by atoms with Crippen molar-refractivity contribution in [3.63, 3.8) is 0 Å². The van der Waals surface area contributed by atoms with E-state index in [1.54, 1.807) is 12.2 Å². The summed E-state index contributed by atoms with van der Waals surface area (Å²) in [6.07, 6.45) is 22.4. The summed E-state index contributed by atoms with van der Waals surface area (Å²) in [5.41, 5.74) is -1.17. The molecule has 4 nitrogen and oxygen atoms in total. The monoisotopic (exact) mass is 342 g/mol. The molecule has 0 aromatic rings. The molecule has 0 saturated carbocycles. The van der Waals surface area contributed by atoms with Gasteiger partial charge in [0.05, 0.1) is 0 Å². The van der Waals surface area contributed by atoms with E-state index in [0.717, 1.165) is 12.5 Å². The van der Waals surface area contributed by atoms with Crippen molar-refractivity contribution in [2.24, 2.45) is 0 Å². The molecule has 132 valence electrons. The van der Waals surface area contributed by atoms with Gasteiger partial charge >= 0.3 is 7.60 Å². The topological polar surface area (TPSA) is 74.6 Å². The van der Waals surface area contributed by atoms with Crippen molar-refractivity contribution in [2.45, 2.75) is 71.1 Å². The second-order valence-electron chi connectivity index (χ2n) is 5.67. The molecule has 0 rings (SSSR count). The zero-order chi connectivity index (χ0) is 17.4. The van der Waals surface area contributed by atoms with E-state index in [9.17, 15) is 9.36 Å². The van der Waals surface area contributed by atoms with Gasteiger partial charge in [-0.05, 0) is 18.9 Å². The van der Waals surface area contributed by atoms with Crippen molar-refractivity contribution in [2.75, 3.05) is 0 Å². The van der Waals surface area contributed by atoms with Crippen LogP contribution in [0.25, 0.3) is 0 Å². The van der Waals surface area contributed by atoms with Crippen LogP contribution in [-0.4, -0.2) is 15.3 Å². The normalized spacial score (nSPS) is 12.8. The fourth-order valence-electron chi connectivity index (χ4n) is 2.11. The predicted octanol–water partition coefficient (Wildman–Crippen LogP) is 5.28. The maximum absolute atomic E-state index is 10.9. The minimum absolute atomic E-state index is 0.894. The molecule has 0 aromatic heterocycles. The van der Waals surface area contributed by atoms with Crippen LogP contribution in [0.1, 0.15) is 71.1 Å². The highest BCUT2D eigenvalue weighted by Crippen LogP contribution is 2.35. The van der Waals surface area contributed by atoms with Gasteiger partial charge in [-0.15, -0.1) is 0 Å². The minimum atomic E-state index is -4.62. The van der Waals surface area contributed by atoms with Crippen molar-refractivity contribution < 1.29 is 19.1 Å². The molecule has 0 aliphatic rings. The second-order valence-corrected chi connectivity index (χ2v) is 7.20. The van der Waals surface area contributed by atoms with E-state index >= 15 is 0 Å². The molecule has 0 unspecified atom stereocenters. The van der Waals surface area contributed by atoms with E-state index in [-0.39, 0.29) is 0 Å². The summed E-state index contributed by atoms with van der Waals surface area (Å²) in [6.45, 7) is 2.24. The summed E-state index contributed by atoms with van der Waals surface area (Å²) in [5, 5.41) is 0. The first-order chi connectivity index (χ1) is 11.0. The third kappa shape index (κ3) is 15.7. The van der Waals surface area contributed by atoms with Crippen LogP contribution in [0.5, 0.6) is 0 Å². The Balaban J connectivity index is 3.51. The number of hydrogen-bond acceptors (Lipinski definition) is 2. The summed E-state index contributed by atoms with van der Waals surface area (Å²) in [7, 11) is -4.62. The van der Waals surface area contributed by atoms with Crippen LogP contribution in [0, 0.1) is 0 Å². The van der Waals surface area contributed by atoms with Crippen molar-refractivity contribution in [3.8, 4) is 0 Å². The highest BCUT2D eigenvalue weighted by Gasteiger charge is 2.21. The summed E-state index contributed by atoms with van der Waals surface area (Å²) >= 11 is 0. The number of rotatable bonds is 14. The highest BCUT2D eigenvalue weighted by molar-refractivity contribution is 7.70. The van der Waals surface area contributed by atoms with Gasteiger partial charge in [0, 0.05) is 0 Å². The molecular weight excluding hydrogens is 311 g/mol. The number of unbranched alkanes of at least 4 members (excludes halogenated alkanes) is 9. The average Bonchev–Trinajstić information content (AvgIpc) is 2.50. The Kier molecular flexibility index (Phi) is 14.0. The Morgan fingerprint density at radius 3 is 1.91 bits per heavy atom. The first-order valence-electron chi connectivity index (χ1n) is 8.58. The molecule has 0 bridgehead atoms. The van der Waals surface area contributed by atoms with E-state index in [1.807, 2.05) is 6.08 Å². The first kappa shape index (κ1) is 22.0. The molecule has 5 heteroatoms. The minimum Gasteiger partial charge on any atom is -0.319 e. The van der Waals surface area contributed by atoms with Crippen LogP contribution in [0.4, 0.5) is 0 Å². The lowest BCUT2D eigenvalue weighted by atomic mass is 10.1. The van der Waals surface area contributed by atoms with Crippen LogP contribution in [0.15, 0.2) is 36.5 Å². The quantitative estimate of drug-likeness (QED) is 0.195. The zero-order valence-corrected chi connectivity index (χ0v) is 15.1. The Bertz CT molecular complexity index is 432. The molecule has 0 atom stereocenters. The van der Waals surface area contributed by atoms with Crippen molar-refractivity contribution in [3.05, 3.63) is 36.5 Å². The number of carbonyl (C=O) groups excluding carboxylic acids is 1. The Hall–Kier alpha value is -0.960. The van der Waals surface area contributed by atoms with E-state index in [1.165, 1.54) is 63.9 Å². The maximum Gasteiger partial charge on any atom is 0.395 e. The molecule has 0 saturated heterocycles. The van der Waals surface area contributed by atoms with Gasteiger partial charge < -0.3 is 9.79 Å². The summed E-state index contributed by atoms with van der Waals surface area (Å²) < 4.78 is 10.6. The summed E-state index contributed by atoms with van der Waals surface area (Å²) in [4.78, 5) is 28.0. The average molecular weight is 342 g/mol. The van der Waals surface area contributed by atoms with Gasteiger partial charge in [0.25, 0.3) is 5.52 Å². The molecule has 2 N–H and O–H groups in total. The van der Waals surface area contributed by atoms with Crippen LogP contribution in [0.3, 0.4) is 0 Å². The number of hydrogen-bond donors (Lipinski definition) is 2. The molecular formula is C18H31O4P. The van der Waals surface area contributed by atoms with E-state index in [2.05, 4.69) is 13.0 Å². The second kappa shape index (κ2) is 14.6. The highest BCUT2D eigenvalue weighted by atomic mass is 31.2. The van der Waals surface area contributed by atoms with Crippen molar-refractivity contribution in [1.29, 1.82) is 0 Å². The molecule has 0 amide bonds. The third-order valence-corrected chi connectivity index (χ3v) is 4.19. The smallest absolute Gasteiger partial charge is 0.319 e. The molecule has 0 radical (unpaired) electrons. The van der Waals surface area contributed by atoms with E-state index < -0.39 is 13.1 Å². The van der Waals surface area contributed by atoms with Gasteiger partial charge in [-0.2, -0.15) is 0 Å². The fraction of sp³-hybridized carbons (Fsp3) is 0.611. The molecule has 0 aliphatic carbocycles. The predicted molar refractivity (Wildman–Crippen MR) is 96.3 cm³/mol. The van der Waals surface area contributed by atoms with Crippen LogP contribution >= 0.6 is 7.60 Å². The number of allylic oxidation sites excluding steroid dienone is 6. The lowest BCUT2D eigenvalue weighted by Gasteiger charge is -2.00. The van der Waals surface area contributed by atoms with Gasteiger partial charge in [0.1, 0.15) is 0 Å². The maximum atomic E-state index is 10.9. The van der Waals surface area contributed by atoms with Crippen LogP contribution < -0.4 is 0 Å². The van der Waals surface area contributed by atoms with Gasteiger partial charge in [0.2, 0.25) is 0 Å². The van der Waals surface area contributed by atoms with Crippen LogP contribution in [-0.2, 0) is 9.36 Å². The van der Waals surface area contributed by atoms with E-state index in [4.69, 9.17) is 9.79 Å².